The van der Waals surface area contributed by atoms with E-state index < -0.39 is 7.14 Å². The third-order valence-electron chi connectivity index (χ3n) is 8.54. The van der Waals surface area contributed by atoms with E-state index in [2.05, 4.69) is 42.5 Å². The van der Waals surface area contributed by atoms with Crippen LogP contribution in [0.1, 0.15) is 18.4 Å². The van der Waals surface area contributed by atoms with Gasteiger partial charge in [-0.1, -0.05) is 12.1 Å². The predicted octanol–water partition coefficient (Wildman–Crippen LogP) is 3.63. The molecule has 0 aliphatic carbocycles. The minimum atomic E-state index is -2.49. The number of ether oxygens (including phenoxy) is 1. The Morgan fingerprint density at radius 1 is 1.02 bits per heavy atom. The Kier molecular flexibility index (Phi) is 7.81. The van der Waals surface area contributed by atoms with Crippen LogP contribution in [0.15, 0.2) is 42.5 Å². The predicted molar refractivity (Wildman–Crippen MR) is 169 cm³/mol. The van der Waals surface area contributed by atoms with Crippen molar-refractivity contribution in [3.63, 3.8) is 0 Å². The fraction of sp³-hybridized carbons (Fsp3) is 0.467. The Hall–Kier alpha value is -3.33. The van der Waals surface area contributed by atoms with Crippen LogP contribution in [0.4, 0.5) is 34.6 Å². The summed E-state index contributed by atoms with van der Waals surface area (Å²) in [5.41, 5.74) is 10.2. The molecule has 11 heteroatoms. The number of benzene rings is 2. The van der Waals surface area contributed by atoms with Crippen LogP contribution in [0.5, 0.6) is 5.75 Å². The largest absolute Gasteiger partial charge is 0.494 e. The molecule has 4 N–H and O–H groups in total. The molecule has 3 aliphatic heterocycles. The number of nitrogens with two attached hydrogens (primary N) is 1. The van der Waals surface area contributed by atoms with Gasteiger partial charge < -0.3 is 35.5 Å². The Morgan fingerprint density at radius 2 is 1.78 bits per heavy atom. The van der Waals surface area contributed by atoms with Gasteiger partial charge in [-0.2, -0.15) is 9.97 Å². The highest BCUT2D eigenvalue weighted by atomic mass is 31.2. The van der Waals surface area contributed by atoms with Gasteiger partial charge in [-0.05, 0) is 56.9 Å². The number of para-hydroxylation sites is 1. The van der Waals surface area contributed by atoms with Crippen molar-refractivity contribution in [3.8, 4) is 5.75 Å². The van der Waals surface area contributed by atoms with Crippen LogP contribution in [0, 0.1) is 0 Å². The number of piperidine rings is 1. The van der Waals surface area contributed by atoms with E-state index >= 15 is 0 Å². The summed E-state index contributed by atoms with van der Waals surface area (Å²) in [6.45, 7) is 10.9. The number of aromatic nitrogens is 2. The number of fused-ring (bicyclic) bond motifs is 1. The van der Waals surface area contributed by atoms with Crippen LogP contribution >= 0.6 is 7.14 Å². The number of nitrogens with one attached hydrogen (secondary N) is 2. The van der Waals surface area contributed by atoms with Crippen molar-refractivity contribution in [1.29, 1.82) is 0 Å². The van der Waals surface area contributed by atoms with Crippen molar-refractivity contribution < 1.29 is 9.30 Å². The van der Waals surface area contributed by atoms with Gasteiger partial charge in [0.2, 0.25) is 5.95 Å². The molecule has 4 heterocycles. The summed E-state index contributed by atoms with van der Waals surface area (Å²) in [6, 6.07) is 14.8. The van der Waals surface area contributed by atoms with E-state index in [1.807, 2.05) is 30.3 Å². The molecular weight excluding hydrogens is 535 g/mol. The summed E-state index contributed by atoms with van der Waals surface area (Å²) < 4.78 is 18.9. The second-order valence-corrected chi connectivity index (χ2v) is 14.7. The van der Waals surface area contributed by atoms with Crippen molar-refractivity contribution in [1.82, 2.24) is 20.2 Å². The molecule has 0 unspecified atom stereocenters. The van der Waals surface area contributed by atoms with Crippen LogP contribution in [0.2, 0.25) is 0 Å². The zero-order valence-electron chi connectivity index (χ0n) is 24.3. The molecule has 0 radical (unpaired) electrons. The van der Waals surface area contributed by atoms with Gasteiger partial charge in [0.15, 0.2) is 0 Å². The van der Waals surface area contributed by atoms with Crippen molar-refractivity contribution in [2.75, 3.05) is 87.1 Å². The summed E-state index contributed by atoms with van der Waals surface area (Å²) in [5, 5.41) is 7.65. The second-order valence-electron chi connectivity index (χ2n) is 11.5. The number of hydrogen-bond donors (Lipinski definition) is 3. The Bertz CT molecular complexity index is 1450. The maximum atomic E-state index is 13.1. The summed E-state index contributed by atoms with van der Waals surface area (Å²) in [7, 11) is -0.808. The summed E-state index contributed by atoms with van der Waals surface area (Å²) >= 11 is 0. The molecule has 0 atom stereocenters. The average Bonchev–Trinajstić information content (AvgIpc) is 3.42. The van der Waals surface area contributed by atoms with Crippen LogP contribution in [-0.2, 0) is 11.0 Å². The first-order chi connectivity index (χ1) is 19.8. The highest BCUT2D eigenvalue weighted by Crippen LogP contribution is 2.43. The highest BCUT2D eigenvalue weighted by Gasteiger charge is 2.30. The summed E-state index contributed by atoms with van der Waals surface area (Å²) in [6.07, 6.45) is 3.09. The van der Waals surface area contributed by atoms with Gasteiger partial charge in [0, 0.05) is 74.5 Å². The lowest BCUT2D eigenvalue weighted by Crippen LogP contribution is -2.52. The first-order valence-corrected chi connectivity index (χ1v) is 17.1. The van der Waals surface area contributed by atoms with E-state index in [0.29, 0.717) is 24.4 Å². The number of methoxy groups -OCH3 is 1. The zero-order chi connectivity index (χ0) is 28.6. The third-order valence-corrected chi connectivity index (χ3v) is 10.1. The number of nitrogens with zero attached hydrogens (tertiary/aromatic N) is 5. The minimum Gasteiger partial charge on any atom is -0.494 e. The van der Waals surface area contributed by atoms with Crippen LogP contribution < -0.4 is 36.2 Å². The Balaban J connectivity index is 1.21. The molecule has 0 amide bonds. The molecule has 0 saturated carbocycles. The number of nitrogen functional groups attached to an aromatic ring is 1. The second kappa shape index (κ2) is 11.5. The standard InChI is InChI=1S/C30H41N8O2P/c1-40-26-20-22(36-15-10-21(11-16-36)37-18-13-32-14-19-37)8-9-24(26)33-30-34-28(31)23-12-17-38(29(23)35-30)25-6-4-5-7-27(25)41(2,3)39/h4-9,20-21,32H,10-19H2,1-3H3,(H3,31,33,34,35). The number of piperazine rings is 1. The lowest BCUT2D eigenvalue weighted by Gasteiger charge is -2.41. The third kappa shape index (κ3) is 5.73. The van der Waals surface area contributed by atoms with Crippen molar-refractivity contribution >= 4 is 47.1 Å². The normalized spacial score (nSPS) is 18.4. The monoisotopic (exact) mass is 576 g/mol. The van der Waals surface area contributed by atoms with Gasteiger partial charge in [-0.3, -0.25) is 4.90 Å². The SMILES string of the molecule is COc1cc(N2CCC(N3CCNCC3)CC2)ccc1Nc1nc(N)c2c(n1)N(c1ccccc1P(C)(C)=O)CC2. The molecular formula is C30H41N8O2P. The minimum absolute atomic E-state index is 0.407. The van der Waals surface area contributed by atoms with Crippen LogP contribution in [0.3, 0.4) is 0 Å². The molecule has 3 aliphatic rings. The Labute approximate surface area is 242 Å². The van der Waals surface area contributed by atoms with Crippen molar-refractivity contribution in [2.45, 2.75) is 25.3 Å². The van der Waals surface area contributed by atoms with Crippen molar-refractivity contribution in [3.05, 3.63) is 48.0 Å². The Morgan fingerprint density at radius 3 is 2.51 bits per heavy atom. The lowest BCUT2D eigenvalue weighted by molar-refractivity contribution is 0.150. The van der Waals surface area contributed by atoms with Crippen LogP contribution in [0.25, 0.3) is 0 Å². The molecule has 41 heavy (non-hydrogen) atoms. The molecule has 0 spiro atoms. The maximum Gasteiger partial charge on any atom is 0.231 e. The summed E-state index contributed by atoms with van der Waals surface area (Å²) in [4.78, 5) is 16.7. The van der Waals surface area contributed by atoms with Crippen LogP contribution in [-0.4, -0.2) is 87.2 Å². The first-order valence-electron chi connectivity index (χ1n) is 14.5. The molecule has 3 aromatic rings. The topological polar surface area (TPSA) is 112 Å². The fourth-order valence-electron chi connectivity index (χ4n) is 6.36. The van der Waals surface area contributed by atoms with E-state index in [-0.39, 0.29) is 0 Å². The van der Waals surface area contributed by atoms with Gasteiger partial charge in [0.1, 0.15) is 24.5 Å². The molecule has 1 aromatic heterocycles. The smallest absolute Gasteiger partial charge is 0.231 e. The average molecular weight is 577 g/mol. The maximum absolute atomic E-state index is 13.1. The fourth-order valence-corrected chi connectivity index (χ4v) is 7.55. The van der Waals surface area contributed by atoms with Gasteiger partial charge >= 0.3 is 0 Å². The molecule has 6 rings (SSSR count). The van der Waals surface area contributed by atoms with Gasteiger partial charge in [-0.25, -0.2) is 0 Å². The van der Waals surface area contributed by atoms with E-state index in [0.717, 1.165) is 85.2 Å². The molecule has 2 aromatic carbocycles. The molecule has 2 saturated heterocycles. The molecule has 10 nitrogen and oxygen atoms in total. The number of anilines is 6. The quantitative estimate of drug-likeness (QED) is 0.361. The number of hydrogen-bond acceptors (Lipinski definition) is 10. The first kappa shape index (κ1) is 27.8. The lowest BCUT2D eigenvalue weighted by atomic mass is 10.0. The van der Waals surface area contributed by atoms with E-state index in [1.54, 1.807) is 20.4 Å². The van der Waals surface area contributed by atoms with Gasteiger partial charge in [0.25, 0.3) is 0 Å². The highest BCUT2D eigenvalue weighted by molar-refractivity contribution is 7.70. The van der Waals surface area contributed by atoms with Gasteiger partial charge in [-0.15, -0.1) is 0 Å². The molecule has 218 valence electrons. The molecule has 0 bridgehead atoms. The van der Waals surface area contributed by atoms with E-state index in [4.69, 9.17) is 15.5 Å². The van der Waals surface area contributed by atoms with Gasteiger partial charge in [0.05, 0.1) is 18.5 Å². The van der Waals surface area contributed by atoms with E-state index in [9.17, 15) is 4.57 Å². The van der Waals surface area contributed by atoms with Crippen molar-refractivity contribution in [2.24, 2.45) is 0 Å². The van der Waals surface area contributed by atoms with E-state index in [1.165, 1.54) is 12.8 Å². The molecule has 2 fully saturated rings. The number of rotatable bonds is 7. The zero-order valence-corrected chi connectivity index (χ0v) is 25.2. The summed E-state index contributed by atoms with van der Waals surface area (Å²) in [5.74, 6) is 2.35.